The Morgan fingerprint density at radius 1 is 1.25 bits per heavy atom. The van der Waals surface area contributed by atoms with E-state index in [1.54, 1.807) is 0 Å². The molecule has 7 heteroatoms. The van der Waals surface area contributed by atoms with Crippen molar-refractivity contribution < 1.29 is 0 Å². The molecular formula is C21H41IN6. The number of aliphatic imine (C=N–C) groups is 1. The topological polar surface area (TPSA) is 57.5 Å². The molecule has 162 valence electrons. The largest absolute Gasteiger partial charge is 0.357 e. The maximum absolute atomic E-state index is 4.84. The Balaban J connectivity index is 0.00000392. The van der Waals surface area contributed by atoms with E-state index in [4.69, 9.17) is 4.99 Å². The highest BCUT2D eigenvalue weighted by Gasteiger charge is 2.18. The van der Waals surface area contributed by atoms with Crippen LogP contribution in [0, 0.1) is 19.8 Å². The summed E-state index contributed by atoms with van der Waals surface area (Å²) in [5.74, 6) is 1.77. The molecule has 0 bridgehead atoms. The standard InChI is InChI=1S/C21H40N6.HI/c1-7-22-21(23-12-9-19-10-13-27(8-2)14-11-19)24-16(3)15-20-17(4)25-26(6)18(20)5;/h16,19H,7-15H2,1-6H3,(H2,22,23,24);1H. The maximum atomic E-state index is 4.84. The van der Waals surface area contributed by atoms with Crippen molar-refractivity contribution >= 4 is 29.9 Å². The molecule has 1 unspecified atom stereocenters. The van der Waals surface area contributed by atoms with Crippen LogP contribution in [0.3, 0.4) is 0 Å². The van der Waals surface area contributed by atoms with Crippen LogP contribution in [-0.2, 0) is 13.5 Å². The Morgan fingerprint density at radius 3 is 2.46 bits per heavy atom. The van der Waals surface area contributed by atoms with Crippen LogP contribution in [-0.4, -0.2) is 59.4 Å². The second kappa shape index (κ2) is 12.7. The molecule has 6 nitrogen and oxygen atoms in total. The smallest absolute Gasteiger partial charge is 0.191 e. The number of nitrogens with one attached hydrogen (secondary N) is 2. The van der Waals surface area contributed by atoms with E-state index in [1.165, 1.54) is 50.2 Å². The molecule has 1 aliphatic rings. The van der Waals surface area contributed by atoms with Crippen molar-refractivity contribution in [2.45, 2.75) is 66.3 Å². The molecule has 1 saturated heterocycles. The maximum Gasteiger partial charge on any atom is 0.191 e. The lowest BCUT2D eigenvalue weighted by Gasteiger charge is -2.30. The van der Waals surface area contributed by atoms with Gasteiger partial charge in [0.25, 0.3) is 0 Å². The molecule has 2 heterocycles. The van der Waals surface area contributed by atoms with Crippen molar-refractivity contribution in [2.24, 2.45) is 18.0 Å². The van der Waals surface area contributed by atoms with Gasteiger partial charge in [0, 0.05) is 31.9 Å². The third-order valence-electron chi connectivity index (χ3n) is 5.86. The average Bonchev–Trinajstić information content (AvgIpc) is 2.88. The van der Waals surface area contributed by atoms with E-state index in [2.05, 4.69) is 55.3 Å². The van der Waals surface area contributed by atoms with Crippen LogP contribution in [0.2, 0.25) is 0 Å². The van der Waals surface area contributed by atoms with Crippen molar-refractivity contribution in [3.63, 3.8) is 0 Å². The van der Waals surface area contributed by atoms with E-state index in [0.29, 0.717) is 6.04 Å². The molecule has 1 fully saturated rings. The highest BCUT2D eigenvalue weighted by Crippen LogP contribution is 2.20. The highest BCUT2D eigenvalue weighted by atomic mass is 127. The second-order valence-corrected chi connectivity index (χ2v) is 7.95. The summed E-state index contributed by atoms with van der Waals surface area (Å²) in [5.41, 5.74) is 3.72. The van der Waals surface area contributed by atoms with E-state index >= 15 is 0 Å². The predicted molar refractivity (Wildman–Crippen MR) is 130 cm³/mol. The molecule has 0 amide bonds. The van der Waals surface area contributed by atoms with Crippen LogP contribution in [0.15, 0.2) is 4.99 Å². The molecule has 0 radical (unpaired) electrons. The van der Waals surface area contributed by atoms with Crippen molar-refractivity contribution in [3.8, 4) is 0 Å². The van der Waals surface area contributed by atoms with Gasteiger partial charge in [-0.05, 0) is 84.5 Å². The highest BCUT2D eigenvalue weighted by molar-refractivity contribution is 14.0. The van der Waals surface area contributed by atoms with Gasteiger partial charge in [-0.25, -0.2) is 0 Å². The van der Waals surface area contributed by atoms with Gasteiger partial charge in [-0.15, -0.1) is 24.0 Å². The molecule has 1 aromatic rings. The lowest BCUT2D eigenvalue weighted by molar-refractivity contribution is 0.188. The lowest BCUT2D eigenvalue weighted by atomic mass is 9.94. The van der Waals surface area contributed by atoms with Crippen LogP contribution in [0.25, 0.3) is 0 Å². The predicted octanol–water partition coefficient (Wildman–Crippen LogP) is 3.26. The Kier molecular flexibility index (Phi) is 11.4. The van der Waals surface area contributed by atoms with E-state index in [-0.39, 0.29) is 24.0 Å². The molecule has 0 saturated carbocycles. The number of aromatic nitrogens is 2. The average molecular weight is 505 g/mol. The molecule has 1 aromatic heterocycles. The van der Waals surface area contributed by atoms with Crippen LogP contribution in [0.4, 0.5) is 0 Å². The molecular weight excluding hydrogens is 463 g/mol. The summed E-state index contributed by atoms with van der Waals surface area (Å²) in [7, 11) is 2.01. The molecule has 0 aromatic carbocycles. The van der Waals surface area contributed by atoms with Crippen molar-refractivity contribution in [1.82, 2.24) is 25.3 Å². The van der Waals surface area contributed by atoms with Gasteiger partial charge < -0.3 is 15.5 Å². The Labute approximate surface area is 189 Å². The fourth-order valence-electron chi connectivity index (χ4n) is 3.97. The van der Waals surface area contributed by atoms with E-state index in [1.807, 2.05) is 11.7 Å². The molecule has 0 aliphatic carbocycles. The fourth-order valence-corrected chi connectivity index (χ4v) is 3.97. The molecule has 28 heavy (non-hydrogen) atoms. The van der Waals surface area contributed by atoms with Crippen LogP contribution in [0.5, 0.6) is 0 Å². The Bertz CT molecular complexity index is 604. The normalized spacial score (nSPS) is 17.3. The summed E-state index contributed by atoms with van der Waals surface area (Å²) >= 11 is 0. The van der Waals surface area contributed by atoms with Gasteiger partial charge >= 0.3 is 0 Å². The number of nitrogens with zero attached hydrogens (tertiary/aromatic N) is 4. The fraction of sp³-hybridized carbons (Fsp3) is 0.810. The van der Waals surface area contributed by atoms with Gasteiger partial charge in [0.15, 0.2) is 5.96 Å². The number of piperidine rings is 1. The summed E-state index contributed by atoms with van der Waals surface area (Å²) in [6.07, 6.45) is 4.81. The molecule has 0 spiro atoms. The number of aryl methyl sites for hydroxylation is 2. The monoisotopic (exact) mass is 504 g/mol. The second-order valence-electron chi connectivity index (χ2n) is 7.95. The number of halogens is 1. The number of hydrogen-bond acceptors (Lipinski definition) is 3. The molecule has 2 N–H and O–H groups in total. The summed E-state index contributed by atoms with van der Waals surface area (Å²) in [4.78, 5) is 7.39. The van der Waals surface area contributed by atoms with Gasteiger partial charge in [-0.1, -0.05) is 6.92 Å². The summed E-state index contributed by atoms with van der Waals surface area (Å²) in [6.45, 7) is 16.3. The zero-order valence-corrected chi connectivity index (χ0v) is 21.0. The third-order valence-corrected chi connectivity index (χ3v) is 5.86. The van der Waals surface area contributed by atoms with E-state index in [0.717, 1.165) is 37.1 Å². The Hall–Kier alpha value is -0.830. The first kappa shape index (κ1) is 25.2. The minimum absolute atomic E-state index is 0. The van der Waals surface area contributed by atoms with Gasteiger partial charge in [-0.2, -0.15) is 5.10 Å². The van der Waals surface area contributed by atoms with E-state index in [9.17, 15) is 0 Å². The van der Waals surface area contributed by atoms with Crippen molar-refractivity contribution in [3.05, 3.63) is 17.0 Å². The summed E-state index contributed by atoms with van der Waals surface area (Å²) in [6, 6.07) is 0.317. The van der Waals surface area contributed by atoms with Gasteiger partial charge in [0.05, 0.1) is 5.69 Å². The van der Waals surface area contributed by atoms with Crippen LogP contribution < -0.4 is 10.6 Å². The summed E-state index contributed by atoms with van der Waals surface area (Å²) < 4.78 is 1.97. The van der Waals surface area contributed by atoms with Gasteiger partial charge in [0.2, 0.25) is 0 Å². The van der Waals surface area contributed by atoms with Crippen molar-refractivity contribution in [1.29, 1.82) is 0 Å². The van der Waals surface area contributed by atoms with Crippen LogP contribution >= 0.6 is 24.0 Å². The van der Waals surface area contributed by atoms with Crippen LogP contribution in [0.1, 0.15) is 57.0 Å². The minimum Gasteiger partial charge on any atom is -0.357 e. The van der Waals surface area contributed by atoms with E-state index < -0.39 is 0 Å². The van der Waals surface area contributed by atoms with Gasteiger partial charge in [0.1, 0.15) is 0 Å². The lowest BCUT2D eigenvalue weighted by Crippen LogP contribution is -2.43. The first-order valence-corrected chi connectivity index (χ1v) is 10.7. The Morgan fingerprint density at radius 2 is 1.93 bits per heavy atom. The minimum atomic E-state index is 0. The summed E-state index contributed by atoms with van der Waals surface area (Å²) in [5, 5.41) is 11.5. The zero-order valence-electron chi connectivity index (χ0n) is 18.7. The third kappa shape index (κ3) is 7.54. The quantitative estimate of drug-likeness (QED) is 0.324. The molecule has 2 rings (SSSR count). The molecule has 1 aliphatic heterocycles. The number of guanidine groups is 1. The molecule has 1 atom stereocenters. The number of rotatable bonds is 8. The zero-order chi connectivity index (χ0) is 19.8. The first-order valence-electron chi connectivity index (χ1n) is 10.7. The van der Waals surface area contributed by atoms with Crippen molar-refractivity contribution in [2.75, 3.05) is 32.7 Å². The SMILES string of the molecule is CCNC(=NCCC1CCN(CC)CC1)NC(C)Cc1c(C)nn(C)c1C.I. The number of hydrogen-bond donors (Lipinski definition) is 2. The number of likely N-dealkylation sites (tertiary alicyclic amines) is 1. The first-order chi connectivity index (χ1) is 12.9. The van der Waals surface area contributed by atoms with Gasteiger partial charge in [-0.3, -0.25) is 9.67 Å².